The molecule has 0 atom stereocenters. The molecule has 4 aromatic rings. The summed E-state index contributed by atoms with van der Waals surface area (Å²) in [6.07, 6.45) is 1.62. The number of esters is 1. The predicted molar refractivity (Wildman–Crippen MR) is 135 cm³/mol. The van der Waals surface area contributed by atoms with Crippen molar-refractivity contribution in [2.45, 2.75) is 0 Å². The lowest BCUT2D eigenvalue weighted by Crippen LogP contribution is -2.10. The lowest BCUT2D eigenvalue weighted by molar-refractivity contribution is 0.0726. The van der Waals surface area contributed by atoms with Crippen LogP contribution in [-0.4, -0.2) is 31.4 Å². The second-order valence-corrected chi connectivity index (χ2v) is 8.21. The number of anilines is 1. The molecule has 0 amide bonds. The zero-order valence-corrected chi connectivity index (χ0v) is 19.9. The maximum Gasteiger partial charge on any atom is 0.347 e. The van der Waals surface area contributed by atoms with Crippen LogP contribution in [0, 0.1) is 0 Å². The highest BCUT2D eigenvalue weighted by atomic mass is 35.5. The number of halogens is 1. The van der Waals surface area contributed by atoms with Gasteiger partial charge in [-0.05, 0) is 48.0 Å². The Morgan fingerprint density at radius 3 is 2.53 bits per heavy atom. The molecular formula is C25H20ClN3O4S. The monoisotopic (exact) mass is 493 g/mol. The Morgan fingerprint density at radius 1 is 1.00 bits per heavy atom. The van der Waals surface area contributed by atoms with Crippen molar-refractivity contribution >= 4 is 40.3 Å². The summed E-state index contributed by atoms with van der Waals surface area (Å²) in [6, 6.07) is 19.5. The quantitative estimate of drug-likeness (QED) is 0.137. The number of carbonyl (C=O) groups is 1. The van der Waals surface area contributed by atoms with Crippen molar-refractivity contribution in [3.8, 4) is 28.5 Å². The first kappa shape index (κ1) is 23.3. The number of methoxy groups -OCH3 is 2. The number of aromatic nitrogens is 1. The van der Waals surface area contributed by atoms with Gasteiger partial charge in [0.05, 0.1) is 26.1 Å². The Kier molecular flexibility index (Phi) is 7.41. The number of rotatable bonds is 8. The number of carbonyl (C=O) groups excluding carboxylic acids is 1. The molecule has 0 unspecified atom stereocenters. The summed E-state index contributed by atoms with van der Waals surface area (Å²) >= 11 is 7.38. The number of nitrogens with one attached hydrogen (secondary N) is 1. The molecule has 0 saturated heterocycles. The molecule has 0 radical (unpaired) electrons. The molecule has 7 nitrogen and oxygen atoms in total. The van der Waals surface area contributed by atoms with Crippen molar-refractivity contribution < 1.29 is 19.0 Å². The number of hydrazone groups is 1. The third-order valence-corrected chi connectivity index (χ3v) is 5.73. The molecule has 4 rings (SSSR count). The van der Waals surface area contributed by atoms with Gasteiger partial charge in [-0.1, -0.05) is 35.9 Å². The van der Waals surface area contributed by atoms with Gasteiger partial charge in [0.2, 0.25) is 5.13 Å². The fraction of sp³-hybridized carbons (Fsp3) is 0.0800. The Hall–Kier alpha value is -3.88. The fourth-order valence-corrected chi connectivity index (χ4v) is 3.85. The second kappa shape index (κ2) is 10.8. The molecule has 34 heavy (non-hydrogen) atoms. The van der Waals surface area contributed by atoms with Crippen LogP contribution in [-0.2, 0) is 0 Å². The highest BCUT2D eigenvalue weighted by Crippen LogP contribution is 2.30. The SMILES string of the molecule is COc1cc(/C=N\Nc2nc(-c3ccc(Cl)cc3)cs2)ccc1OC(=O)c1ccccc1OC. The van der Waals surface area contributed by atoms with Crippen LogP contribution in [0.1, 0.15) is 15.9 Å². The molecule has 0 aliphatic rings. The van der Waals surface area contributed by atoms with E-state index in [9.17, 15) is 4.79 Å². The van der Waals surface area contributed by atoms with Crippen LogP contribution in [0.5, 0.6) is 17.2 Å². The molecule has 0 bridgehead atoms. The van der Waals surface area contributed by atoms with Crippen LogP contribution in [0.3, 0.4) is 0 Å². The Balaban J connectivity index is 1.42. The lowest BCUT2D eigenvalue weighted by Gasteiger charge is -2.11. The molecule has 0 spiro atoms. The number of hydrogen-bond donors (Lipinski definition) is 1. The largest absolute Gasteiger partial charge is 0.496 e. The van der Waals surface area contributed by atoms with E-state index in [-0.39, 0.29) is 5.75 Å². The van der Waals surface area contributed by atoms with Gasteiger partial charge in [-0.15, -0.1) is 11.3 Å². The molecule has 3 aromatic carbocycles. The van der Waals surface area contributed by atoms with E-state index in [0.717, 1.165) is 16.8 Å². The first-order valence-electron chi connectivity index (χ1n) is 10.1. The molecule has 0 fully saturated rings. The van der Waals surface area contributed by atoms with E-state index in [4.69, 9.17) is 25.8 Å². The number of thiazole rings is 1. The van der Waals surface area contributed by atoms with Crippen molar-refractivity contribution in [2.75, 3.05) is 19.6 Å². The lowest BCUT2D eigenvalue weighted by atomic mass is 10.2. The van der Waals surface area contributed by atoms with Gasteiger partial charge >= 0.3 is 5.97 Å². The average Bonchev–Trinajstić information content (AvgIpc) is 3.34. The maximum absolute atomic E-state index is 12.6. The summed E-state index contributed by atoms with van der Waals surface area (Å²) in [5, 5.41) is 7.51. The Bertz CT molecular complexity index is 1320. The van der Waals surface area contributed by atoms with Crippen LogP contribution in [0.15, 0.2) is 77.2 Å². The van der Waals surface area contributed by atoms with Crippen LogP contribution in [0.2, 0.25) is 5.02 Å². The van der Waals surface area contributed by atoms with Crippen molar-refractivity contribution in [2.24, 2.45) is 5.10 Å². The normalized spacial score (nSPS) is 10.8. The van der Waals surface area contributed by atoms with Crippen LogP contribution in [0.25, 0.3) is 11.3 Å². The zero-order valence-electron chi connectivity index (χ0n) is 18.3. The Labute approximate surface area is 205 Å². The zero-order chi connectivity index (χ0) is 23.9. The Morgan fingerprint density at radius 2 is 1.76 bits per heavy atom. The third-order valence-electron chi connectivity index (χ3n) is 4.74. The second-order valence-electron chi connectivity index (χ2n) is 6.91. The van der Waals surface area contributed by atoms with Crippen molar-refractivity contribution in [1.29, 1.82) is 0 Å². The summed E-state index contributed by atoms with van der Waals surface area (Å²) < 4.78 is 16.1. The number of para-hydroxylation sites is 1. The standard InChI is InChI=1S/C25H20ClN3O4S/c1-31-21-6-4-3-5-19(21)24(30)33-22-12-7-16(13-23(22)32-2)14-27-29-25-28-20(15-34-25)17-8-10-18(26)11-9-17/h3-15H,1-2H3,(H,28,29)/b27-14-. The minimum absolute atomic E-state index is 0.288. The number of benzene rings is 3. The molecule has 1 N–H and O–H groups in total. The first-order chi connectivity index (χ1) is 16.6. The van der Waals surface area contributed by atoms with Gasteiger partial charge < -0.3 is 14.2 Å². The molecule has 1 aromatic heterocycles. The minimum atomic E-state index is -0.543. The van der Waals surface area contributed by atoms with Crippen molar-refractivity contribution in [3.05, 3.63) is 88.3 Å². The van der Waals surface area contributed by atoms with Crippen LogP contribution < -0.4 is 19.6 Å². The van der Waals surface area contributed by atoms with E-state index in [1.165, 1.54) is 25.6 Å². The van der Waals surface area contributed by atoms with E-state index >= 15 is 0 Å². The first-order valence-corrected chi connectivity index (χ1v) is 11.4. The van der Waals surface area contributed by atoms with Gasteiger partial charge in [0, 0.05) is 16.0 Å². The van der Waals surface area contributed by atoms with E-state index in [0.29, 0.717) is 27.2 Å². The molecule has 0 saturated carbocycles. The predicted octanol–water partition coefficient (Wildman–Crippen LogP) is 6.15. The molecule has 0 aliphatic heterocycles. The van der Waals surface area contributed by atoms with Crippen molar-refractivity contribution in [1.82, 2.24) is 4.98 Å². The van der Waals surface area contributed by atoms with Crippen molar-refractivity contribution in [3.63, 3.8) is 0 Å². The third kappa shape index (κ3) is 5.54. The molecule has 0 aliphatic carbocycles. The van der Waals surface area contributed by atoms with Gasteiger partial charge in [0.1, 0.15) is 11.3 Å². The minimum Gasteiger partial charge on any atom is -0.496 e. The summed E-state index contributed by atoms with van der Waals surface area (Å²) in [4.78, 5) is 17.1. The molecule has 9 heteroatoms. The summed E-state index contributed by atoms with van der Waals surface area (Å²) in [7, 11) is 3.00. The van der Waals surface area contributed by atoms with Gasteiger partial charge in [0.15, 0.2) is 11.5 Å². The smallest absolute Gasteiger partial charge is 0.347 e. The molecule has 172 valence electrons. The van der Waals surface area contributed by atoms with E-state index in [1.807, 2.05) is 29.6 Å². The van der Waals surface area contributed by atoms with Gasteiger partial charge in [-0.25, -0.2) is 9.78 Å². The molecule has 1 heterocycles. The topological polar surface area (TPSA) is 82.0 Å². The van der Waals surface area contributed by atoms with Gasteiger partial charge in [-0.3, -0.25) is 5.43 Å². The number of nitrogens with zero attached hydrogens (tertiary/aromatic N) is 2. The fourth-order valence-electron chi connectivity index (χ4n) is 3.06. The average molecular weight is 494 g/mol. The highest BCUT2D eigenvalue weighted by molar-refractivity contribution is 7.14. The summed E-state index contributed by atoms with van der Waals surface area (Å²) in [5.74, 6) is 0.573. The van der Waals surface area contributed by atoms with Gasteiger partial charge in [0.25, 0.3) is 0 Å². The van der Waals surface area contributed by atoms with E-state index < -0.39 is 5.97 Å². The maximum atomic E-state index is 12.6. The number of hydrogen-bond acceptors (Lipinski definition) is 8. The summed E-state index contributed by atoms with van der Waals surface area (Å²) in [5.41, 5.74) is 5.80. The summed E-state index contributed by atoms with van der Waals surface area (Å²) in [6.45, 7) is 0. The highest BCUT2D eigenvalue weighted by Gasteiger charge is 2.16. The van der Waals surface area contributed by atoms with Crippen LogP contribution in [0.4, 0.5) is 5.13 Å². The van der Waals surface area contributed by atoms with Crippen LogP contribution >= 0.6 is 22.9 Å². The van der Waals surface area contributed by atoms with Gasteiger partial charge in [-0.2, -0.15) is 5.10 Å². The molecular weight excluding hydrogens is 474 g/mol. The number of ether oxygens (including phenoxy) is 3. The van der Waals surface area contributed by atoms with E-state index in [2.05, 4.69) is 15.5 Å². The van der Waals surface area contributed by atoms with E-state index in [1.54, 1.807) is 48.7 Å².